The van der Waals surface area contributed by atoms with Crippen LogP contribution in [0.25, 0.3) is 0 Å². The largest absolute Gasteiger partial charge is 0.330 e. The second kappa shape index (κ2) is 16.5. The zero-order valence-electron chi connectivity index (χ0n) is 8.10. The van der Waals surface area contributed by atoms with Gasteiger partial charge in [0.15, 0.2) is 0 Å². The first-order chi connectivity index (χ1) is 5.41. The van der Waals surface area contributed by atoms with Crippen LogP contribution >= 0.6 is 0 Å². The second-order valence-corrected chi connectivity index (χ2v) is 2.35. The van der Waals surface area contributed by atoms with E-state index in [0.29, 0.717) is 0 Å². The van der Waals surface area contributed by atoms with E-state index in [1.165, 1.54) is 32.1 Å². The topological polar surface area (TPSA) is 52.0 Å². The molecule has 0 unspecified atom stereocenters. The molecule has 0 fully saturated rings. The molecule has 0 heterocycles. The van der Waals surface area contributed by atoms with Crippen molar-refractivity contribution in [3.8, 4) is 0 Å². The van der Waals surface area contributed by atoms with Crippen molar-refractivity contribution < 1.29 is 0 Å². The molecule has 0 amide bonds. The van der Waals surface area contributed by atoms with Gasteiger partial charge in [-0.15, -0.1) is 0 Å². The molecule has 0 aromatic carbocycles. The van der Waals surface area contributed by atoms with Gasteiger partial charge in [-0.2, -0.15) is 0 Å². The first-order valence-electron chi connectivity index (χ1n) is 4.82. The summed E-state index contributed by atoms with van der Waals surface area (Å²) in [5, 5.41) is 0. The molecular weight excluding hydrogens is 136 g/mol. The minimum absolute atomic E-state index is 0.836. The van der Waals surface area contributed by atoms with Crippen molar-refractivity contribution in [3.05, 3.63) is 0 Å². The Kier molecular flexibility index (Phi) is 20.2. The zero-order valence-corrected chi connectivity index (χ0v) is 8.10. The predicted octanol–water partition coefficient (Wildman–Crippen LogP) is 1.88. The molecule has 0 radical (unpaired) electrons. The zero-order chi connectivity index (χ0) is 8.95. The molecule has 70 valence electrons. The molecule has 0 aliphatic rings. The third kappa shape index (κ3) is 17.8. The van der Waals surface area contributed by atoms with Crippen molar-refractivity contribution in [2.75, 3.05) is 13.1 Å². The fourth-order valence-corrected chi connectivity index (χ4v) is 0.819. The third-order valence-electron chi connectivity index (χ3n) is 1.41. The molecule has 0 saturated heterocycles. The highest BCUT2D eigenvalue weighted by Gasteiger charge is 1.85. The van der Waals surface area contributed by atoms with Gasteiger partial charge in [0, 0.05) is 0 Å². The Labute approximate surface area is 71.3 Å². The Morgan fingerprint density at radius 3 is 1.18 bits per heavy atom. The van der Waals surface area contributed by atoms with Gasteiger partial charge in [-0.1, -0.05) is 33.1 Å². The average Bonchev–Trinajstić information content (AvgIpc) is 2.08. The summed E-state index contributed by atoms with van der Waals surface area (Å²) in [4.78, 5) is 0. The molecule has 4 N–H and O–H groups in total. The van der Waals surface area contributed by atoms with Crippen LogP contribution in [0.2, 0.25) is 0 Å². The molecule has 0 aromatic heterocycles. The lowest BCUT2D eigenvalue weighted by molar-refractivity contribution is 0.623. The van der Waals surface area contributed by atoms with Crippen molar-refractivity contribution in [1.29, 1.82) is 0 Å². The molecule has 0 saturated carbocycles. The maximum Gasteiger partial charge on any atom is -0.00773 e. The van der Waals surface area contributed by atoms with Gasteiger partial charge in [0.2, 0.25) is 0 Å². The van der Waals surface area contributed by atoms with Gasteiger partial charge < -0.3 is 11.5 Å². The summed E-state index contributed by atoms with van der Waals surface area (Å²) in [7, 11) is 0. The van der Waals surface area contributed by atoms with Crippen molar-refractivity contribution in [3.63, 3.8) is 0 Å². The van der Waals surface area contributed by atoms with Crippen LogP contribution in [0.4, 0.5) is 0 Å². The van der Waals surface area contributed by atoms with E-state index < -0.39 is 0 Å². The maximum atomic E-state index is 5.32. The van der Waals surface area contributed by atoms with Crippen molar-refractivity contribution in [2.45, 2.75) is 46.0 Å². The monoisotopic (exact) mass is 160 g/mol. The highest BCUT2D eigenvalue weighted by atomic mass is 14.5. The van der Waals surface area contributed by atoms with Gasteiger partial charge >= 0.3 is 0 Å². The van der Waals surface area contributed by atoms with Crippen molar-refractivity contribution >= 4 is 0 Å². The van der Waals surface area contributed by atoms with Crippen molar-refractivity contribution in [1.82, 2.24) is 0 Å². The van der Waals surface area contributed by atoms with Crippen LogP contribution in [0.5, 0.6) is 0 Å². The lowest BCUT2D eigenvalue weighted by atomic mass is 10.1. The summed E-state index contributed by atoms with van der Waals surface area (Å²) >= 11 is 0. The van der Waals surface area contributed by atoms with Gasteiger partial charge in [0.25, 0.3) is 0 Å². The first kappa shape index (κ1) is 13.5. The summed E-state index contributed by atoms with van der Waals surface area (Å²) in [6.07, 6.45) is 6.19. The normalized spacial score (nSPS) is 8.73. The van der Waals surface area contributed by atoms with Gasteiger partial charge in [-0.3, -0.25) is 0 Å². The van der Waals surface area contributed by atoms with Crippen LogP contribution < -0.4 is 11.5 Å². The summed E-state index contributed by atoms with van der Waals surface area (Å²) in [5.41, 5.74) is 10.6. The fourth-order valence-electron chi connectivity index (χ4n) is 0.819. The molecule has 0 aliphatic carbocycles. The van der Waals surface area contributed by atoms with E-state index in [2.05, 4.69) is 0 Å². The standard InChI is InChI=1S/C7H18N2.C2H6/c8-6-4-2-1-3-5-7-9;1-2/h1-9H2;1-2H3. The van der Waals surface area contributed by atoms with Gasteiger partial charge in [0.1, 0.15) is 0 Å². The van der Waals surface area contributed by atoms with E-state index in [1.54, 1.807) is 0 Å². The predicted molar refractivity (Wildman–Crippen MR) is 52.5 cm³/mol. The molecule has 0 spiro atoms. The lowest BCUT2D eigenvalue weighted by Crippen LogP contribution is -1.99. The SMILES string of the molecule is CC.NCCCCCCCN. The third-order valence-corrected chi connectivity index (χ3v) is 1.41. The van der Waals surface area contributed by atoms with E-state index in [-0.39, 0.29) is 0 Å². The van der Waals surface area contributed by atoms with E-state index in [9.17, 15) is 0 Å². The molecule has 2 nitrogen and oxygen atoms in total. The average molecular weight is 160 g/mol. The van der Waals surface area contributed by atoms with Crippen LogP contribution in [0.3, 0.4) is 0 Å². The molecule has 0 bridgehead atoms. The Hall–Kier alpha value is -0.0800. The minimum Gasteiger partial charge on any atom is -0.330 e. The molecule has 0 aromatic rings. The molecule has 0 atom stereocenters. The Balaban J connectivity index is 0. The molecular formula is C9H24N2. The van der Waals surface area contributed by atoms with Crippen LogP contribution in [-0.4, -0.2) is 13.1 Å². The minimum atomic E-state index is 0.836. The van der Waals surface area contributed by atoms with Gasteiger partial charge in [-0.25, -0.2) is 0 Å². The number of unbranched alkanes of at least 4 members (excludes halogenated alkanes) is 4. The first-order valence-corrected chi connectivity index (χ1v) is 4.82. The highest BCUT2D eigenvalue weighted by Crippen LogP contribution is 1.99. The smallest absolute Gasteiger partial charge is 0.00773 e. The Bertz CT molecular complexity index is 40.8. The summed E-state index contributed by atoms with van der Waals surface area (Å²) in [5.74, 6) is 0. The van der Waals surface area contributed by atoms with Crippen molar-refractivity contribution in [2.24, 2.45) is 11.5 Å². The number of hydrogen-bond acceptors (Lipinski definition) is 2. The fraction of sp³-hybridized carbons (Fsp3) is 1.00. The van der Waals surface area contributed by atoms with E-state index >= 15 is 0 Å². The van der Waals surface area contributed by atoms with Gasteiger partial charge in [-0.05, 0) is 25.9 Å². The Morgan fingerprint density at radius 1 is 0.636 bits per heavy atom. The van der Waals surface area contributed by atoms with Gasteiger partial charge in [0.05, 0.1) is 0 Å². The molecule has 0 rings (SSSR count). The van der Waals surface area contributed by atoms with E-state index in [4.69, 9.17) is 11.5 Å². The molecule has 0 aliphatic heterocycles. The number of nitrogens with two attached hydrogens (primary N) is 2. The lowest BCUT2D eigenvalue weighted by Gasteiger charge is -1.96. The summed E-state index contributed by atoms with van der Waals surface area (Å²) < 4.78 is 0. The Morgan fingerprint density at radius 2 is 0.909 bits per heavy atom. The number of rotatable bonds is 6. The molecule has 11 heavy (non-hydrogen) atoms. The highest BCUT2D eigenvalue weighted by molar-refractivity contribution is 4.44. The quantitative estimate of drug-likeness (QED) is 0.583. The summed E-state index contributed by atoms with van der Waals surface area (Å²) in [6.45, 7) is 5.67. The van der Waals surface area contributed by atoms with Crippen LogP contribution in [0.1, 0.15) is 46.0 Å². The van der Waals surface area contributed by atoms with E-state index in [1.807, 2.05) is 13.8 Å². The van der Waals surface area contributed by atoms with Crippen LogP contribution in [0.15, 0.2) is 0 Å². The van der Waals surface area contributed by atoms with E-state index in [0.717, 1.165) is 13.1 Å². The molecule has 2 heteroatoms. The maximum absolute atomic E-state index is 5.32. The summed E-state index contributed by atoms with van der Waals surface area (Å²) in [6, 6.07) is 0. The number of hydrogen-bond donors (Lipinski definition) is 2. The second-order valence-electron chi connectivity index (χ2n) is 2.35. The van der Waals surface area contributed by atoms with Crippen LogP contribution in [-0.2, 0) is 0 Å². The van der Waals surface area contributed by atoms with Crippen LogP contribution in [0, 0.1) is 0 Å².